The highest BCUT2D eigenvalue weighted by atomic mass is 16.1. The lowest BCUT2D eigenvalue weighted by molar-refractivity contribution is 0.0977. The van der Waals surface area contributed by atoms with Gasteiger partial charge in [-0.05, 0) is 75.4 Å². The molecule has 1 amide bonds. The van der Waals surface area contributed by atoms with E-state index in [4.69, 9.17) is 4.99 Å². The largest absolute Gasteiger partial charge is 0.326 e. The molecule has 2 N–H and O–H groups in total. The van der Waals surface area contributed by atoms with Gasteiger partial charge in [0.2, 0.25) is 5.96 Å². The Balaban J connectivity index is 1.78. The predicted octanol–water partition coefficient (Wildman–Crippen LogP) is 5.39. The van der Waals surface area contributed by atoms with Crippen LogP contribution in [0.25, 0.3) is 0 Å². The molecule has 0 spiro atoms. The van der Waals surface area contributed by atoms with Gasteiger partial charge in [-0.15, -0.1) is 0 Å². The molecule has 0 radical (unpaired) electrons. The second-order valence-electron chi connectivity index (χ2n) is 8.67. The van der Waals surface area contributed by atoms with E-state index in [1.165, 1.54) is 16.8 Å². The van der Waals surface area contributed by atoms with Gasteiger partial charge in [-0.25, -0.2) is 0 Å². The molecule has 174 valence electrons. The molecule has 6 nitrogen and oxygen atoms in total. The van der Waals surface area contributed by atoms with E-state index in [1.807, 2.05) is 54.9 Å². The summed E-state index contributed by atoms with van der Waals surface area (Å²) in [7, 11) is 0. The summed E-state index contributed by atoms with van der Waals surface area (Å²) in [6.45, 7) is 13.9. The lowest BCUT2D eigenvalue weighted by atomic mass is 10.0. The maximum absolute atomic E-state index is 12.8. The van der Waals surface area contributed by atoms with Gasteiger partial charge in [-0.3, -0.25) is 19.8 Å². The number of benzene rings is 2. The summed E-state index contributed by atoms with van der Waals surface area (Å²) >= 11 is 0. The van der Waals surface area contributed by atoms with Crippen molar-refractivity contribution in [2.45, 2.75) is 60.4 Å². The first-order chi connectivity index (χ1) is 15.8. The van der Waals surface area contributed by atoms with E-state index in [2.05, 4.69) is 55.6 Å². The van der Waals surface area contributed by atoms with E-state index in [1.54, 1.807) is 0 Å². The lowest BCUT2D eigenvalue weighted by Gasteiger charge is -2.13. The normalized spacial score (nSPS) is 11.7. The summed E-state index contributed by atoms with van der Waals surface area (Å²) in [5.74, 6) is 0.714. The van der Waals surface area contributed by atoms with Gasteiger partial charge in [0.1, 0.15) is 0 Å². The number of hydrogen-bond donors (Lipinski definition) is 2. The van der Waals surface area contributed by atoms with Crippen LogP contribution >= 0.6 is 0 Å². The van der Waals surface area contributed by atoms with Crippen LogP contribution in [0.4, 0.5) is 5.69 Å². The molecular weight excluding hydrogens is 410 g/mol. The number of nitrogens with one attached hydrogen (secondary N) is 2. The molecule has 1 heterocycles. The predicted molar refractivity (Wildman–Crippen MR) is 136 cm³/mol. The summed E-state index contributed by atoms with van der Waals surface area (Å²) in [5, 5.41) is 10.8. The Morgan fingerprint density at radius 3 is 2.27 bits per heavy atom. The Morgan fingerprint density at radius 2 is 1.70 bits per heavy atom. The number of aliphatic imine (C=N–C) groups is 1. The number of aromatic nitrogens is 2. The van der Waals surface area contributed by atoms with Crippen LogP contribution < -0.4 is 10.6 Å². The van der Waals surface area contributed by atoms with Crippen molar-refractivity contribution in [2.24, 2.45) is 4.99 Å². The van der Waals surface area contributed by atoms with Crippen molar-refractivity contribution in [3.05, 3.63) is 82.2 Å². The third-order valence-corrected chi connectivity index (χ3v) is 5.85. The van der Waals surface area contributed by atoms with E-state index in [-0.39, 0.29) is 5.91 Å². The van der Waals surface area contributed by atoms with Gasteiger partial charge in [0.05, 0.1) is 5.69 Å². The molecule has 0 aliphatic heterocycles. The lowest BCUT2D eigenvalue weighted by Crippen LogP contribution is -2.36. The van der Waals surface area contributed by atoms with Crippen LogP contribution in [0.2, 0.25) is 0 Å². The molecule has 1 aromatic heterocycles. The fourth-order valence-electron chi connectivity index (χ4n) is 3.77. The molecule has 0 bridgehead atoms. The Morgan fingerprint density at radius 1 is 1.03 bits per heavy atom. The fourth-order valence-corrected chi connectivity index (χ4v) is 3.77. The van der Waals surface area contributed by atoms with Gasteiger partial charge >= 0.3 is 0 Å². The van der Waals surface area contributed by atoms with Crippen LogP contribution in [-0.2, 0) is 13.0 Å². The number of carbonyl (C=O) groups excluding carboxylic acids is 1. The van der Waals surface area contributed by atoms with E-state index >= 15 is 0 Å². The Bertz CT molecular complexity index is 1110. The number of amides is 1. The smallest absolute Gasteiger partial charge is 0.257 e. The maximum Gasteiger partial charge on any atom is 0.257 e. The van der Waals surface area contributed by atoms with E-state index in [9.17, 15) is 4.79 Å². The second kappa shape index (κ2) is 10.9. The number of rotatable bonds is 7. The van der Waals surface area contributed by atoms with Gasteiger partial charge in [0.25, 0.3) is 5.91 Å². The van der Waals surface area contributed by atoms with Crippen molar-refractivity contribution in [1.29, 1.82) is 0 Å². The number of aryl methyl sites for hydroxylation is 3. The van der Waals surface area contributed by atoms with Crippen LogP contribution in [0.3, 0.4) is 0 Å². The zero-order valence-electron chi connectivity index (χ0n) is 20.6. The van der Waals surface area contributed by atoms with E-state index in [0.717, 1.165) is 29.9 Å². The average Bonchev–Trinajstić information content (AvgIpc) is 3.07. The van der Waals surface area contributed by atoms with Crippen LogP contribution in [0.1, 0.15) is 65.1 Å². The molecule has 0 aliphatic carbocycles. The number of hydrogen-bond acceptors (Lipinski definition) is 3. The van der Waals surface area contributed by atoms with E-state index < -0.39 is 0 Å². The van der Waals surface area contributed by atoms with Crippen molar-refractivity contribution in [3.8, 4) is 0 Å². The molecule has 0 aliphatic rings. The molecule has 0 fully saturated rings. The molecule has 6 heteroatoms. The third kappa shape index (κ3) is 6.31. The SMILES string of the molecule is CCn1nc(C)c(CCN=C(NC(=O)c2ccc(C)cc2)Nc2ccc(C(C)C)cc2)c1C. The molecule has 0 saturated heterocycles. The quantitative estimate of drug-likeness (QED) is 0.378. The minimum atomic E-state index is -0.189. The second-order valence-corrected chi connectivity index (χ2v) is 8.67. The minimum absolute atomic E-state index is 0.189. The molecule has 3 rings (SSSR count). The monoisotopic (exact) mass is 445 g/mol. The van der Waals surface area contributed by atoms with Crippen LogP contribution in [0.5, 0.6) is 0 Å². The molecular formula is C27H35N5O. The zero-order chi connectivity index (χ0) is 24.0. The fraction of sp³-hybridized carbons (Fsp3) is 0.370. The highest BCUT2D eigenvalue weighted by Gasteiger charge is 2.12. The maximum atomic E-state index is 12.8. The van der Waals surface area contributed by atoms with Crippen molar-refractivity contribution in [3.63, 3.8) is 0 Å². The van der Waals surface area contributed by atoms with Gasteiger partial charge in [0, 0.05) is 30.0 Å². The summed E-state index contributed by atoms with van der Waals surface area (Å²) in [4.78, 5) is 17.5. The van der Waals surface area contributed by atoms with E-state index in [0.29, 0.717) is 24.0 Å². The molecule has 0 unspecified atom stereocenters. The number of nitrogens with zero attached hydrogens (tertiary/aromatic N) is 3. The van der Waals surface area contributed by atoms with Crippen molar-refractivity contribution < 1.29 is 4.79 Å². The highest BCUT2D eigenvalue weighted by Crippen LogP contribution is 2.17. The van der Waals surface area contributed by atoms with Crippen LogP contribution in [0, 0.1) is 20.8 Å². The number of carbonyl (C=O) groups is 1. The Kier molecular flexibility index (Phi) is 8.04. The topological polar surface area (TPSA) is 71.3 Å². The van der Waals surface area contributed by atoms with Crippen molar-refractivity contribution >= 4 is 17.6 Å². The number of anilines is 1. The summed E-state index contributed by atoms with van der Waals surface area (Å²) < 4.78 is 2.02. The van der Waals surface area contributed by atoms with Crippen molar-refractivity contribution in [1.82, 2.24) is 15.1 Å². The summed E-state index contributed by atoms with van der Waals surface area (Å²) in [6, 6.07) is 15.7. The van der Waals surface area contributed by atoms with Crippen molar-refractivity contribution in [2.75, 3.05) is 11.9 Å². The highest BCUT2D eigenvalue weighted by molar-refractivity contribution is 6.09. The minimum Gasteiger partial charge on any atom is -0.326 e. The Labute approximate surface area is 197 Å². The molecule has 0 atom stereocenters. The van der Waals surface area contributed by atoms with Crippen LogP contribution in [0.15, 0.2) is 53.5 Å². The zero-order valence-corrected chi connectivity index (χ0v) is 20.6. The number of guanidine groups is 1. The molecule has 3 aromatic rings. The average molecular weight is 446 g/mol. The molecule has 0 saturated carbocycles. The Hall–Kier alpha value is -3.41. The van der Waals surface area contributed by atoms with Gasteiger partial charge in [-0.2, -0.15) is 5.10 Å². The van der Waals surface area contributed by atoms with Gasteiger partial charge < -0.3 is 5.32 Å². The summed E-state index contributed by atoms with van der Waals surface area (Å²) in [5.41, 5.74) is 7.28. The standard InChI is InChI=1S/C27H35N5O/c1-7-32-21(6)25(20(5)31-32)16-17-28-27(29-24-14-12-22(13-15-24)18(2)3)30-26(33)23-10-8-19(4)9-11-23/h8-15,18H,7,16-17H2,1-6H3,(H2,28,29,30,33). The van der Waals surface area contributed by atoms with Gasteiger partial charge in [0.15, 0.2) is 0 Å². The first kappa shape index (κ1) is 24.2. The summed E-state index contributed by atoms with van der Waals surface area (Å²) in [6.07, 6.45) is 0.759. The first-order valence-corrected chi connectivity index (χ1v) is 11.6. The molecule has 33 heavy (non-hydrogen) atoms. The molecule has 2 aromatic carbocycles. The first-order valence-electron chi connectivity index (χ1n) is 11.6. The van der Waals surface area contributed by atoms with Crippen LogP contribution in [-0.4, -0.2) is 28.2 Å². The van der Waals surface area contributed by atoms with Gasteiger partial charge in [-0.1, -0.05) is 43.7 Å². The third-order valence-electron chi connectivity index (χ3n) is 5.85.